The quantitative estimate of drug-likeness (QED) is 0.592. The zero-order valence-electron chi connectivity index (χ0n) is 7.31. The third-order valence-corrected chi connectivity index (χ3v) is 2.76. The lowest BCUT2D eigenvalue weighted by molar-refractivity contribution is 0.780. The van der Waals surface area contributed by atoms with Crippen LogP contribution in [0.1, 0.15) is 13.8 Å². The summed E-state index contributed by atoms with van der Waals surface area (Å²) in [6, 6.07) is 0. The number of thioether (sulfide) groups is 2. The van der Waals surface area contributed by atoms with Gasteiger partial charge in [-0.2, -0.15) is 0 Å². The standard InChI is InChI=1S/C6H12N4S2/c1-4(2)12-6-9-8-5(11-3)10(6)7/h4H,7H2,1-3H3. The van der Waals surface area contributed by atoms with E-state index in [2.05, 4.69) is 24.0 Å². The SMILES string of the molecule is CSc1nnc(SC(C)C)n1N. The summed E-state index contributed by atoms with van der Waals surface area (Å²) in [6.45, 7) is 4.19. The van der Waals surface area contributed by atoms with Crippen LogP contribution in [0, 0.1) is 0 Å². The fourth-order valence-electron chi connectivity index (χ4n) is 0.694. The van der Waals surface area contributed by atoms with E-state index in [1.807, 2.05) is 6.26 Å². The smallest absolute Gasteiger partial charge is 0.210 e. The molecule has 1 heterocycles. The van der Waals surface area contributed by atoms with Gasteiger partial charge in [0, 0.05) is 5.25 Å². The molecule has 0 atom stereocenters. The Balaban J connectivity index is 2.80. The van der Waals surface area contributed by atoms with Gasteiger partial charge < -0.3 is 5.84 Å². The van der Waals surface area contributed by atoms with E-state index in [1.54, 1.807) is 11.8 Å². The molecule has 0 aliphatic carbocycles. The molecule has 0 fully saturated rings. The van der Waals surface area contributed by atoms with E-state index in [9.17, 15) is 0 Å². The second-order valence-corrected chi connectivity index (χ2v) is 4.82. The molecule has 1 rings (SSSR count). The van der Waals surface area contributed by atoms with Gasteiger partial charge in [-0.05, 0) is 6.26 Å². The number of aromatic nitrogens is 3. The molecule has 2 N–H and O–H groups in total. The van der Waals surface area contributed by atoms with E-state index < -0.39 is 0 Å². The van der Waals surface area contributed by atoms with Crippen LogP contribution < -0.4 is 5.84 Å². The highest BCUT2D eigenvalue weighted by Gasteiger charge is 2.09. The Labute approximate surface area is 80.3 Å². The van der Waals surface area contributed by atoms with Crippen LogP contribution in [0.4, 0.5) is 0 Å². The van der Waals surface area contributed by atoms with Crippen molar-refractivity contribution in [2.24, 2.45) is 0 Å². The first-order valence-electron chi connectivity index (χ1n) is 3.56. The van der Waals surface area contributed by atoms with E-state index in [4.69, 9.17) is 5.84 Å². The molecule has 0 aliphatic rings. The highest BCUT2D eigenvalue weighted by Crippen LogP contribution is 2.22. The number of hydrogen-bond donors (Lipinski definition) is 1. The highest BCUT2D eigenvalue weighted by atomic mass is 32.2. The summed E-state index contributed by atoms with van der Waals surface area (Å²) in [6.07, 6.45) is 1.93. The molecule has 6 heteroatoms. The third-order valence-electron chi connectivity index (χ3n) is 1.16. The van der Waals surface area contributed by atoms with Crippen LogP contribution in [0.5, 0.6) is 0 Å². The first-order valence-corrected chi connectivity index (χ1v) is 5.66. The Morgan fingerprint density at radius 3 is 2.33 bits per heavy atom. The van der Waals surface area contributed by atoms with Gasteiger partial charge in [-0.1, -0.05) is 37.4 Å². The van der Waals surface area contributed by atoms with E-state index >= 15 is 0 Å². The molecule has 0 aliphatic heterocycles. The highest BCUT2D eigenvalue weighted by molar-refractivity contribution is 8.00. The molecule has 0 bridgehead atoms. The molecule has 4 nitrogen and oxygen atoms in total. The van der Waals surface area contributed by atoms with Gasteiger partial charge in [0.15, 0.2) is 0 Å². The fraction of sp³-hybridized carbons (Fsp3) is 0.667. The molecule has 0 aromatic carbocycles. The van der Waals surface area contributed by atoms with Crippen molar-refractivity contribution in [2.75, 3.05) is 12.1 Å². The summed E-state index contributed by atoms with van der Waals surface area (Å²) < 4.78 is 1.52. The predicted molar refractivity (Wildman–Crippen MR) is 52.9 cm³/mol. The van der Waals surface area contributed by atoms with Crippen LogP contribution >= 0.6 is 23.5 Å². The van der Waals surface area contributed by atoms with E-state index in [-0.39, 0.29) is 0 Å². The average Bonchev–Trinajstić information content (AvgIpc) is 2.32. The first-order chi connectivity index (χ1) is 5.65. The zero-order valence-corrected chi connectivity index (χ0v) is 8.95. The summed E-state index contributed by atoms with van der Waals surface area (Å²) >= 11 is 3.11. The molecular formula is C6H12N4S2. The van der Waals surface area contributed by atoms with E-state index in [0.717, 1.165) is 10.3 Å². The Morgan fingerprint density at radius 2 is 1.92 bits per heavy atom. The van der Waals surface area contributed by atoms with Crippen LogP contribution in [-0.4, -0.2) is 26.4 Å². The molecule has 0 amide bonds. The molecule has 1 aromatic rings. The minimum Gasteiger partial charge on any atom is -0.335 e. The Kier molecular flexibility index (Phi) is 3.28. The molecule has 0 saturated heterocycles. The van der Waals surface area contributed by atoms with Crippen molar-refractivity contribution in [3.05, 3.63) is 0 Å². The van der Waals surface area contributed by atoms with E-state index in [0.29, 0.717) is 5.25 Å². The second kappa shape index (κ2) is 4.04. The van der Waals surface area contributed by atoms with Gasteiger partial charge in [0.05, 0.1) is 0 Å². The van der Waals surface area contributed by atoms with Crippen LogP contribution in [0.3, 0.4) is 0 Å². The summed E-state index contributed by atoms with van der Waals surface area (Å²) in [7, 11) is 0. The van der Waals surface area contributed by atoms with Crippen molar-refractivity contribution >= 4 is 23.5 Å². The Hall–Kier alpha value is -0.360. The van der Waals surface area contributed by atoms with Crippen LogP contribution in [0.25, 0.3) is 0 Å². The molecular weight excluding hydrogens is 192 g/mol. The van der Waals surface area contributed by atoms with Crippen LogP contribution in [0.15, 0.2) is 10.3 Å². The second-order valence-electron chi connectivity index (χ2n) is 2.51. The maximum absolute atomic E-state index is 5.71. The lowest BCUT2D eigenvalue weighted by Crippen LogP contribution is -2.11. The maximum atomic E-state index is 5.71. The minimum atomic E-state index is 0.478. The average molecular weight is 204 g/mol. The zero-order chi connectivity index (χ0) is 9.14. The molecule has 68 valence electrons. The van der Waals surface area contributed by atoms with Gasteiger partial charge in [-0.15, -0.1) is 10.2 Å². The van der Waals surface area contributed by atoms with Crippen molar-refractivity contribution in [3.63, 3.8) is 0 Å². The van der Waals surface area contributed by atoms with Gasteiger partial charge in [0.2, 0.25) is 10.3 Å². The Bertz CT molecular complexity index is 258. The summed E-state index contributed by atoms with van der Waals surface area (Å²) in [5.74, 6) is 5.71. The molecule has 0 radical (unpaired) electrons. The van der Waals surface area contributed by atoms with Gasteiger partial charge in [0.1, 0.15) is 0 Å². The normalized spacial score (nSPS) is 11.0. The van der Waals surface area contributed by atoms with Gasteiger partial charge in [0.25, 0.3) is 0 Å². The van der Waals surface area contributed by atoms with Crippen LogP contribution in [-0.2, 0) is 0 Å². The largest absolute Gasteiger partial charge is 0.335 e. The summed E-state index contributed by atoms with van der Waals surface area (Å²) in [5.41, 5.74) is 0. The molecule has 0 unspecified atom stereocenters. The maximum Gasteiger partial charge on any atom is 0.210 e. The molecule has 1 aromatic heterocycles. The molecule has 0 saturated carbocycles. The van der Waals surface area contributed by atoms with Crippen LogP contribution in [0.2, 0.25) is 0 Å². The third kappa shape index (κ3) is 2.07. The summed E-state index contributed by atoms with van der Waals surface area (Å²) in [4.78, 5) is 0. The number of nitrogens with two attached hydrogens (primary N) is 1. The lowest BCUT2D eigenvalue weighted by atomic mass is 10.6. The van der Waals surface area contributed by atoms with Gasteiger partial charge in [-0.25, -0.2) is 4.68 Å². The monoisotopic (exact) mass is 204 g/mol. The van der Waals surface area contributed by atoms with Crippen molar-refractivity contribution in [1.29, 1.82) is 0 Å². The minimum absolute atomic E-state index is 0.478. The Morgan fingerprint density at radius 1 is 1.33 bits per heavy atom. The van der Waals surface area contributed by atoms with Crippen molar-refractivity contribution in [2.45, 2.75) is 29.4 Å². The van der Waals surface area contributed by atoms with Gasteiger partial charge in [-0.3, -0.25) is 0 Å². The lowest BCUT2D eigenvalue weighted by Gasteiger charge is -2.03. The number of nitrogen functional groups attached to an aromatic ring is 1. The summed E-state index contributed by atoms with van der Waals surface area (Å²) in [5, 5.41) is 9.87. The predicted octanol–water partition coefficient (Wildman–Crippen LogP) is 1.21. The number of nitrogens with zero attached hydrogens (tertiary/aromatic N) is 3. The topological polar surface area (TPSA) is 56.7 Å². The van der Waals surface area contributed by atoms with Crippen molar-refractivity contribution in [3.8, 4) is 0 Å². The fourth-order valence-corrected chi connectivity index (χ4v) is 1.87. The first kappa shape index (κ1) is 9.73. The molecule has 12 heavy (non-hydrogen) atoms. The van der Waals surface area contributed by atoms with Crippen molar-refractivity contribution in [1.82, 2.24) is 14.9 Å². The number of rotatable bonds is 3. The van der Waals surface area contributed by atoms with Gasteiger partial charge >= 0.3 is 0 Å². The van der Waals surface area contributed by atoms with E-state index in [1.165, 1.54) is 16.4 Å². The number of hydrogen-bond acceptors (Lipinski definition) is 5. The molecule has 0 spiro atoms. The van der Waals surface area contributed by atoms with Crippen molar-refractivity contribution < 1.29 is 0 Å².